The molecule has 1 heterocycles. The van der Waals surface area contributed by atoms with Gasteiger partial charge in [0.05, 0.1) is 11.6 Å². The molecule has 0 bridgehead atoms. The number of pyridine rings is 1. The Kier molecular flexibility index (Phi) is 6.18. The van der Waals surface area contributed by atoms with Gasteiger partial charge in [-0.05, 0) is 54.1 Å². The summed E-state index contributed by atoms with van der Waals surface area (Å²) in [5.74, 6) is -0.332. The van der Waals surface area contributed by atoms with Crippen LogP contribution in [0.3, 0.4) is 0 Å². The topological polar surface area (TPSA) is 98.1 Å². The summed E-state index contributed by atoms with van der Waals surface area (Å²) in [4.78, 5) is 30.4. The average molecular weight is 385 g/mol. The highest BCUT2D eigenvalue weighted by molar-refractivity contribution is 6.05. The third kappa shape index (κ3) is 5.40. The Hall–Kier alpha value is -4.18. The van der Waals surface area contributed by atoms with Crippen molar-refractivity contribution >= 4 is 23.3 Å². The first-order chi connectivity index (χ1) is 14.0. The van der Waals surface area contributed by atoms with Crippen molar-refractivity contribution in [3.8, 4) is 6.07 Å². The van der Waals surface area contributed by atoms with Crippen LogP contribution in [0.25, 0.3) is 0 Å². The van der Waals surface area contributed by atoms with Crippen LogP contribution >= 0.6 is 0 Å². The molecule has 3 aromatic rings. The predicted octanol–water partition coefficient (Wildman–Crippen LogP) is 3.87. The van der Waals surface area contributed by atoms with Crippen LogP contribution in [0.1, 0.15) is 21.5 Å². The van der Waals surface area contributed by atoms with E-state index in [0.29, 0.717) is 29.0 Å². The predicted molar refractivity (Wildman–Crippen MR) is 110 cm³/mol. The molecule has 0 aliphatic heterocycles. The maximum Gasteiger partial charge on any atom is 0.321 e. The lowest BCUT2D eigenvalue weighted by Crippen LogP contribution is -2.30. The molecule has 0 fully saturated rings. The van der Waals surface area contributed by atoms with Crippen molar-refractivity contribution in [2.24, 2.45) is 0 Å². The maximum absolute atomic E-state index is 12.5. The number of urea groups is 1. The zero-order valence-corrected chi connectivity index (χ0v) is 15.8. The van der Waals surface area contributed by atoms with Gasteiger partial charge in [0.2, 0.25) is 0 Å². The number of nitrogens with zero attached hydrogens (tertiary/aromatic N) is 3. The monoisotopic (exact) mass is 385 g/mol. The SMILES string of the molecule is CN(Cc1ccncc1)C(=O)Nc1cccc(C(=O)Nc2cccc(C#N)c2)c1. The van der Waals surface area contributed by atoms with Gasteiger partial charge in [-0.2, -0.15) is 5.26 Å². The summed E-state index contributed by atoms with van der Waals surface area (Å²) >= 11 is 0. The number of nitrogens with one attached hydrogen (secondary N) is 2. The van der Waals surface area contributed by atoms with Gasteiger partial charge in [0, 0.05) is 42.9 Å². The molecule has 0 aliphatic rings. The van der Waals surface area contributed by atoms with Gasteiger partial charge in [-0.3, -0.25) is 9.78 Å². The minimum Gasteiger partial charge on any atom is -0.323 e. The highest BCUT2D eigenvalue weighted by Gasteiger charge is 2.12. The summed E-state index contributed by atoms with van der Waals surface area (Å²) in [7, 11) is 1.69. The molecule has 2 N–H and O–H groups in total. The lowest BCUT2D eigenvalue weighted by Gasteiger charge is -2.18. The molecule has 3 amide bonds. The van der Waals surface area contributed by atoms with Crippen molar-refractivity contribution in [2.45, 2.75) is 6.54 Å². The maximum atomic E-state index is 12.5. The number of amides is 3. The van der Waals surface area contributed by atoms with Crippen LogP contribution in [-0.4, -0.2) is 28.9 Å². The van der Waals surface area contributed by atoms with Gasteiger partial charge in [0.1, 0.15) is 0 Å². The highest BCUT2D eigenvalue weighted by atomic mass is 16.2. The lowest BCUT2D eigenvalue weighted by molar-refractivity contribution is 0.102. The van der Waals surface area contributed by atoms with Gasteiger partial charge in [0.15, 0.2) is 0 Å². The van der Waals surface area contributed by atoms with Crippen LogP contribution in [-0.2, 0) is 6.54 Å². The molecule has 0 saturated heterocycles. The fourth-order valence-corrected chi connectivity index (χ4v) is 2.66. The van der Waals surface area contributed by atoms with Crippen molar-refractivity contribution in [2.75, 3.05) is 17.7 Å². The Morgan fingerprint density at radius 1 is 1.00 bits per heavy atom. The normalized spacial score (nSPS) is 9.93. The van der Waals surface area contributed by atoms with Crippen molar-refractivity contribution in [3.63, 3.8) is 0 Å². The summed E-state index contributed by atoms with van der Waals surface area (Å²) in [5.41, 5.74) is 2.85. The summed E-state index contributed by atoms with van der Waals surface area (Å²) in [6.45, 7) is 0.434. The number of hydrogen-bond acceptors (Lipinski definition) is 4. The van der Waals surface area contributed by atoms with E-state index >= 15 is 0 Å². The molecule has 144 valence electrons. The molecule has 7 nitrogen and oxygen atoms in total. The number of nitriles is 1. The largest absolute Gasteiger partial charge is 0.323 e. The first-order valence-corrected chi connectivity index (χ1v) is 8.88. The van der Waals surface area contributed by atoms with Crippen LogP contribution in [0.4, 0.5) is 16.2 Å². The molecule has 2 aromatic carbocycles. The van der Waals surface area contributed by atoms with E-state index in [0.717, 1.165) is 5.56 Å². The molecule has 3 rings (SSSR count). The first-order valence-electron chi connectivity index (χ1n) is 8.88. The second-order valence-electron chi connectivity index (χ2n) is 6.37. The van der Waals surface area contributed by atoms with E-state index in [1.165, 1.54) is 4.90 Å². The molecule has 7 heteroatoms. The Morgan fingerprint density at radius 3 is 2.41 bits per heavy atom. The van der Waals surface area contributed by atoms with Gasteiger partial charge in [-0.1, -0.05) is 12.1 Å². The Morgan fingerprint density at radius 2 is 1.69 bits per heavy atom. The minimum absolute atomic E-state index is 0.291. The quantitative estimate of drug-likeness (QED) is 0.696. The molecular formula is C22H19N5O2. The Balaban J connectivity index is 1.64. The van der Waals surface area contributed by atoms with Crippen molar-refractivity contribution in [3.05, 3.63) is 89.7 Å². The van der Waals surface area contributed by atoms with Crippen LogP contribution in [0.2, 0.25) is 0 Å². The van der Waals surface area contributed by atoms with Gasteiger partial charge >= 0.3 is 6.03 Å². The second kappa shape index (κ2) is 9.15. The number of anilines is 2. The highest BCUT2D eigenvalue weighted by Crippen LogP contribution is 2.15. The van der Waals surface area contributed by atoms with E-state index in [4.69, 9.17) is 5.26 Å². The fraction of sp³-hybridized carbons (Fsp3) is 0.0909. The molecular weight excluding hydrogens is 366 g/mol. The van der Waals surface area contributed by atoms with Crippen LogP contribution in [0, 0.1) is 11.3 Å². The van der Waals surface area contributed by atoms with Gasteiger partial charge in [-0.15, -0.1) is 0 Å². The van der Waals surface area contributed by atoms with Gasteiger partial charge < -0.3 is 15.5 Å². The summed E-state index contributed by atoms with van der Waals surface area (Å²) < 4.78 is 0. The molecule has 0 aliphatic carbocycles. The summed E-state index contributed by atoms with van der Waals surface area (Å²) in [6, 6.07) is 18.7. The minimum atomic E-state index is -0.332. The molecule has 0 atom stereocenters. The fourth-order valence-electron chi connectivity index (χ4n) is 2.66. The van der Waals surface area contributed by atoms with E-state index in [2.05, 4.69) is 15.6 Å². The van der Waals surface area contributed by atoms with Crippen LogP contribution < -0.4 is 10.6 Å². The number of aromatic nitrogens is 1. The lowest BCUT2D eigenvalue weighted by atomic mass is 10.1. The van der Waals surface area contributed by atoms with Gasteiger partial charge in [0.25, 0.3) is 5.91 Å². The number of hydrogen-bond donors (Lipinski definition) is 2. The smallest absolute Gasteiger partial charge is 0.321 e. The van der Waals surface area contributed by atoms with Crippen molar-refractivity contribution in [1.29, 1.82) is 5.26 Å². The van der Waals surface area contributed by atoms with E-state index in [1.807, 2.05) is 18.2 Å². The molecule has 1 aromatic heterocycles. The molecule has 0 unspecified atom stereocenters. The van der Waals surface area contributed by atoms with Crippen LogP contribution in [0.15, 0.2) is 73.1 Å². The Labute approximate surface area is 168 Å². The van der Waals surface area contributed by atoms with E-state index in [1.54, 1.807) is 68.0 Å². The van der Waals surface area contributed by atoms with Crippen LogP contribution in [0.5, 0.6) is 0 Å². The molecule has 0 saturated carbocycles. The zero-order chi connectivity index (χ0) is 20.6. The van der Waals surface area contributed by atoms with E-state index < -0.39 is 0 Å². The summed E-state index contributed by atoms with van der Waals surface area (Å²) in [6.07, 6.45) is 3.35. The number of carbonyl (C=O) groups excluding carboxylic acids is 2. The van der Waals surface area contributed by atoms with Gasteiger partial charge in [-0.25, -0.2) is 4.79 Å². The Bertz CT molecular complexity index is 1060. The number of rotatable bonds is 5. The third-order valence-corrected chi connectivity index (χ3v) is 4.14. The van der Waals surface area contributed by atoms with Crippen molar-refractivity contribution < 1.29 is 9.59 Å². The molecule has 0 spiro atoms. The van der Waals surface area contributed by atoms with E-state index in [9.17, 15) is 9.59 Å². The zero-order valence-electron chi connectivity index (χ0n) is 15.8. The molecule has 0 radical (unpaired) electrons. The van der Waals surface area contributed by atoms with Crippen molar-refractivity contribution in [1.82, 2.24) is 9.88 Å². The van der Waals surface area contributed by atoms with E-state index in [-0.39, 0.29) is 11.9 Å². The third-order valence-electron chi connectivity index (χ3n) is 4.14. The second-order valence-corrected chi connectivity index (χ2v) is 6.37. The molecule has 29 heavy (non-hydrogen) atoms. The first kappa shape index (κ1) is 19.6. The summed E-state index contributed by atoms with van der Waals surface area (Å²) in [5, 5.41) is 14.5. The average Bonchev–Trinajstić information content (AvgIpc) is 2.74. The number of benzene rings is 2. The standard InChI is InChI=1S/C22H19N5O2/c1-27(15-16-8-10-24-11-9-16)22(29)26-20-7-3-5-18(13-20)21(28)25-19-6-2-4-17(12-19)14-23/h2-13H,15H2,1H3,(H,25,28)(H,26,29). The number of carbonyl (C=O) groups is 2.